The number of carbonyl (C=O) groups is 2. The monoisotopic (exact) mass is 490 g/mol. The number of nitrogens with zero attached hydrogens (tertiary/aromatic N) is 3. The Kier molecular flexibility index (Phi) is 6.44. The molecule has 0 bridgehead atoms. The molecule has 1 atom stereocenters. The predicted molar refractivity (Wildman–Crippen MR) is 126 cm³/mol. The molecule has 0 aromatic carbocycles. The van der Waals surface area contributed by atoms with Crippen LogP contribution in [-0.2, 0) is 25.9 Å². The Bertz CT molecular complexity index is 1290. The van der Waals surface area contributed by atoms with Gasteiger partial charge in [0.15, 0.2) is 16.4 Å². The van der Waals surface area contributed by atoms with E-state index in [9.17, 15) is 18.0 Å². The van der Waals surface area contributed by atoms with Crippen LogP contribution in [0, 0.1) is 20.8 Å². The Balaban J connectivity index is 1.39. The van der Waals surface area contributed by atoms with Crippen molar-refractivity contribution in [2.45, 2.75) is 39.8 Å². The maximum absolute atomic E-state index is 12.6. The second-order valence-corrected chi connectivity index (χ2v) is 11.5. The average Bonchev–Trinajstić information content (AvgIpc) is 3.52. The zero-order valence-corrected chi connectivity index (χ0v) is 20.3. The van der Waals surface area contributed by atoms with Gasteiger partial charge in [0, 0.05) is 22.3 Å². The molecule has 9 nitrogen and oxygen atoms in total. The standard InChI is InChI=1S/C22H26N4O5S2/c1-14-9-20(26(24-14)17-6-8-33(29,30)13-17)23-21(27)12-31-22(28)19-10-15(2)25(16(19)3)11-18-5-4-7-32-18/h4-5,7,9-10,17H,6,8,11-13H2,1-3H3,(H,23,27). The van der Waals surface area contributed by atoms with Gasteiger partial charge in [-0.1, -0.05) is 6.07 Å². The van der Waals surface area contributed by atoms with Crippen LogP contribution in [0.25, 0.3) is 0 Å². The number of ether oxygens (including phenoxy) is 1. The lowest BCUT2D eigenvalue weighted by Crippen LogP contribution is -2.24. The molecule has 1 aliphatic rings. The summed E-state index contributed by atoms with van der Waals surface area (Å²) in [6, 6.07) is 7.14. The van der Waals surface area contributed by atoms with Gasteiger partial charge in [0.05, 0.1) is 35.3 Å². The normalized spacial score (nSPS) is 17.2. The minimum Gasteiger partial charge on any atom is -0.452 e. The number of aromatic nitrogens is 3. The van der Waals surface area contributed by atoms with Gasteiger partial charge in [-0.25, -0.2) is 17.9 Å². The van der Waals surface area contributed by atoms with E-state index in [1.54, 1.807) is 30.4 Å². The number of thiophene rings is 1. The molecular formula is C22H26N4O5S2. The first-order valence-corrected chi connectivity index (χ1v) is 13.3. The third-order valence-corrected chi connectivity index (χ3v) is 8.31. The quantitative estimate of drug-likeness (QED) is 0.510. The van der Waals surface area contributed by atoms with Crippen LogP contribution in [0.4, 0.5) is 5.82 Å². The highest BCUT2D eigenvalue weighted by molar-refractivity contribution is 7.91. The fraction of sp³-hybridized carbons (Fsp3) is 0.409. The lowest BCUT2D eigenvalue weighted by molar-refractivity contribution is -0.119. The predicted octanol–water partition coefficient (Wildman–Crippen LogP) is 2.87. The van der Waals surface area contributed by atoms with Crippen LogP contribution in [0.3, 0.4) is 0 Å². The molecule has 1 N–H and O–H groups in total. The number of esters is 1. The fourth-order valence-corrected chi connectivity index (χ4v) is 6.44. The number of nitrogens with one attached hydrogen (secondary N) is 1. The van der Waals surface area contributed by atoms with E-state index in [1.807, 2.05) is 35.9 Å². The molecule has 0 radical (unpaired) electrons. The Morgan fingerprint density at radius 2 is 2.06 bits per heavy atom. The first-order chi connectivity index (χ1) is 15.6. The zero-order chi connectivity index (χ0) is 23.8. The van der Waals surface area contributed by atoms with Crippen molar-refractivity contribution < 1.29 is 22.7 Å². The van der Waals surface area contributed by atoms with Gasteiger partial charge in [0.1, 0.15) is 5.82 Å². The van der Waals surface area contributed by atoms with Crippen molar-refractivity contribution >= 4 is 38.9 Å². The fourth-order valence-electron chi connectivity index (χ4n) is 4.05. The smallest absolute Gasteiger partial charge is 0.340 e. The van der Waals surface area contributed by atoms with E-state index in [4.69, 9.17) is 4.74 Å². The van der Waals surface area contributed by atoms with E-state index < -0.39 is 28.3 Å². The minimum atomic E-state index is -3.10. The van der Waals surface area contributed by atoms with Crippen molar-refractivity contribution in [3.8, 4) is 0 Å². The van der Waals surface area contributed by atoms with Gasteiger partial charge in [-0.05, 0) is 44.7 Å². The number of amides is 1. The number of carbonyl (C=O) groups excluding carboxylic acids is 2. The van der Waals surface area contributed by atoms with E-state index in [1.165, 1.54) is 9.56 Å². The Morgan fingerprint density at radius 1 is 1.27 bits per heavy atom. The molecule has 1 unspecified atom stereocenters. The number of rotatable bonds is 7. The van der Waals surface area contributed by atoms with Crippen molar-refractivity contribution in [3.63, 3.8) is 0 Å². The number of anilines is 1. The molecule has 0 aliphatic carbocycles. The van der Waals surface area contributed by atoms with Crippen molar-refractivity contribution in [3.05, 3.63) is 57.2 Å². The second-order valence-electron chi connectivity index (χ2n) is 8.25. The summed E-state index contributed by atoms with van der Waals surface area (Å²) < 4.78 is 32.5. The lowest BCUT2D eigenvalue weighted by atomic mass is 10.2. The topological polar surface area (TPSA) is 112 Å². The van der Waals surface area contributed by atoms with Crippen LogP contribution in [-0.4, -0.2) is 52.8 Å². The largest absolute Gasteiger partial charge is 0.452 e. The maximum atomic E-state index is 12.6. The summed E-state index contributed by atoms with van der Waals surface area (Å²) in [5.74, 6) is -0.593. The number of aryl methyl sites for hydroxylation is 2. The summed E-state index contributed by atoms with van der Waals surface area (Å²) in [5, 5.41) is 9.04. The van der Waals surface area contributed by atoms with E-state index in [-0.39, 0.29) is 17.5 Å². The number of hydrogen-bond acceptors (Lipinski definition) is 7. The first-order valence-electron chi connectivity index (χ1n) is 10.6. The molecule has 1 amide bonds. The van der Waals surface area contributed by atoms with Gasteiger partial charge >= 0.3 is 5.97 Å². The molecule has 4 heterocycles. The molecule has 176 valence electrons. The highest BCUT2D eigenvalue weighted by Gasteiger charge is 2.31. The van der Waals surface area contributed by atoms with Crippen molar-refractivity contribution in [2.75, 3.05) is 23.4 Å². The molecule has 1 aliphatic heterocycles. The highest BCUT2D eigenvalue weighted by Crippen LogP contribution is 2.27. The van der Waals surface area contributed by atoms with E-state index >= 15 is 0 Å². The van der Waals surface area contributed by atoms with Crippen molar-refractivity contribution in [1.82, 2.24) is 14.3 Å². The second kappa shape index (κ2) is 9.14. The summed E-state index contributed by atoms with van der Waals surface area (Å²) in [6.45, 7) is 5.76. The summed E-state index contributed by atoms with van der Waals surface area (Å²) >= 11 is 1.65. The molecule has 1 saturated heterocycles. The molecule has 3 aromatic rings. The Morgan fingerprint density at radius 3 is 2.73 bits per heavy atom. The van der Waals surface area contributed by atoms with E-state index in [0.717, 1.165) is 11.4 Å². The maximum Gasteiger partial charge on any atom is 0.340 e. The molecule has 33 heavy (non-hydrogen) atoms. The van der Waals surface area contributed by atoms with E-state index in [2.05, 4.69) is 10.4 Å². The third-order valence-electron chi connectivity index (χ3n) is 5.70. The van der Waals surface area contributed by atoms with Gasteiger partial charge in [0.2, 0.25) is 0 Å². The Labute approximate surface area is 196 Å². The Hall–Kier alpha value is -2.92. The molecule has 3 aromatic heterocycles. The van der Waals surface area contributed by atoms with Gasteiger partial charge in [-0.3, -0.25) is 4.79 Å². The third kappa shape index (κ3) is 5.19. The molecule has 0 saturated carbocycles. The molecule has 11 heteroatoms. The first kappa shape index (κ1) is 23.2. The minimum absolute atomic E-state index is 0.00688. The lowest BCUT2D eigenvalue weighted by Gasteiger charge is -2.14. The average molecular weight is 491 g/mol. The summed E-state index contributed by atoms with van der Waals surface area (Å²) in [5.41, 5.74) is 2.80. The zero-order valence-electron chi connectivity index (χ0n) is 18.7. The van der Waals surface area contributed by atoms with Gasteiger partial charge in [-0.15, -0.1) is 11.3 Å². The molecule has 4 rings (SSSR count). The van der Waals surface area contributed by atoms with Crippen LogP contribution in [0.5, 0.6) is 0 Å². The van der Waals surface area contributed by atoms with Crippen LogP contribution in [0.15, 0.2) is 29.6 Å². The summed E-state index contributed by atoms with van der Waals surface area (Å²) in [4.78, 5) is 26.3. The van der Waals surface area contributed by atoms with Crippen LogP contribution < -0.4 is 5.32 Å². The number of hydrogen-bond donors (Lipinski definition) is 1. The van der Waals surface area contributed by atoms with E-state index in [0.29, 0.717) is 30.0 Å². The van der Waals surface area contributed by atoms with Gasteiger partial charge in [0.25, 0.3) is 5.91 Å². The van der Waals surface area contributed by atoms with Gasteiger partial charge < -0.3 is 14.6 Å². The highest BCUT2D eigenvalue weighted by atomic mass is 32.2. The molecule has 1 fully saturated rings. The molecule has 0 spiro atoms. The summed E-state index contributed by atoms with van der Waals surface area (Å²) in [6.07, 6.45) is 0.447. The van der Waals surface area contributed by atoms with Crippen molar-refractivity contribution in [1.29, 1.82) is 0 Å². The van der Waals surface area contributed by atoms with Crippen molar-refractivity contribution in [2.24, 2.45) is 0 Å². The molecular weight excluding hydrogens is 464 g/mol. The van der Waals surface area contributed by atoms with Crippen LogP contribution in [0.1, 0.15) is 44.8 Å². The number of sulfone groups is 1. The SMILES string of the molecule is Cc1cc(NC(=O)COC(=O)c2cc(C)n(Cc3cccs3)c2C)n(C2CCS(=O)(=O)C2)n1. The van der Waals surface area contributed by atoms with Gasteiger partial charge in [-0.2, -0.15) is 5.10 Å². The van der Waals surface area contributed by atoms with Crippen LogP contribution in [0.2, 0.25) is 0 Å². The summed E-state index contributed by atoms with van der Waals surface area (Å²) in [7, 11) is -3.10. The van der Waals surface area contributed by atoms with Crippen LogP contribution >= 0.6 is 11.3 Å².